The number of carbonyl (C=O) groups excluding carboxylic acids is 1. The Morgan fingerprint density at radius 2 is 1.62 bits per heavy atom. The van der Waals surface area contributed by atoms with Crippen LogP contribution >= 0.6 is 11.6 Å². The fourth-order valence-corrected chi connectivity index (χ4v) is 2.44. The number of hydrazone groups is 1. The molecule has 0 bridgehead atoms. The Labute approximate surface area is 140 Å². The van der Waals surface area contributed by atoms with Gasteiger partial charge in [-0.25, -0.2) is 0 Å². The summed E-state index contributed by atoms with van der Waals surface area (Å²) in [6, 6.07) is 14.3. The largest absolute Gasteiger partial charge is 0.435 e. The zero-order valence-corrected chi connectivity index (χ0v) is 12.8. The van der Waals surface area contributed by atoms with Gasteiger partial charge in [0.1, 0.15) is 0 Å². The van der Waals surface area contributed by atoms with Crippen molar-refractivity contribution in [3.05, 3.63) is 70.8 Å². The van der Waals surface area contributed by atoms with Gasteiger partial charge in [0.25, 0.3) is 5.91 Å². The highest BCUT2D eigenvalue weighted by Gasteiger charge is 2.46. The summed E-state index contributed by atoms with van der Waals surface area (Å²) in [6.45, 7) is 0. The van der Waals surface area contributed by atoms with E-state index in [2.05, 4.69) is 5.10 Å². The number of carbonyl (C=O) groups is 1. The van der Waals surface area contributed by atoms with E-state index in [0.29, 0.717) is 5.56 Å². The van der Waals surface area contributed by atoms with E-state index >= 15 is 0 Å². The highest BCUT2D eigenvalue weighted by molar-refractivity contribution is 6.36. The highest BCUT2D eigenvalue weighted by Crippen LogP contribution is 2.33. The van der Waals surface area contributed by atoms with Gasteiger partial charge >= 0.3 is 6.18 Å². The molecule has 0 aromatic heterocycles. The molecule has 0 atom stereocenters. The second-order valence-corrected chi connectivity index (χ2v) is 5.39. The molecular weight excluding hydrogens is 341 g/mol. The van der Waals surface area contributed by atoms with Gasteiger partial charge < -0.3 is 0 Å². The van der Waals surface area contributed by atoms with Gasteiger partial charge in [-0.3, -0.25) is 4.79 Å². The Kier molecular flexibility index (Phi) is 4.15. The first-order valence-electron chi connectivity index (χ1n) is 6.90. The van der Waals surface area contributed by atoms with E-state index in [1.54, 1.807) is 30.3 Å². The van der Waals surface area contributed by atoms with Gasteiger partial charge in [0.15, 0.2) is 5.71 Å². The predicted molar refractivity (Wildman–Crippen MR) is 86.8 cm³/mol. The second-order valence-electron chi connectivity index (χ2n) is 4.98. The molecule has 0 unspecified atom stereocenters. The van der Waals surface area contributed by atoms with E-state index in [1.165, 1.54) is 24.3 Å². The van der Waals surface area contributed by atoms with Gasteiger partial charge in [0.05, 0.1) is 11.3 Å². The zero-order valence-electron chi connectivity index (χ0n) is 12.1. The normalized spacial score (nSPS) is 16.7. The predicted octanol–water partition coefficient (Wildman–Crippen LogP) is 4.69. The molecule has 3 nitrogen and oxygen atoms in total. The number of hydrogen-bond acceptors (Lipinski definition) is 2. The third kappa shape index (κ3) is 3.05. The van der Waals surface area contributed by atoms with E-state index in [0.717, 1.165) is 11.1 Å². The molecule has 2 aromatic carbocycles. The third-order valence-corrected chi connectivity index (χ3v) is 3.70. The number of nitrogens with zero attached hydrogens (tertiary/aromatic N) is 2. The summed E-state index contributed by atoms with van der Waals surface area (Å²) in [5.74, 6) is -0.853. The van der Waals surface area contributed by atoms with Crippen molar-refractivity contribution in [2.24, 2.45) is 5.10 Å². The van der Waals surface area contributed by atoms with Crippen LogP contribution in [-0.4, -0.2) is 17.8 Å². The van der Waals surface area contributed by atoms with Gasteiger partial charge in [-0.05, 0) is 29.8 Å². The number of rotatable bonds is 2. The lowest BCUT2D eigenvalue weighted by atomic mass is 10.1. The first kappa shape index (κ1) is 16.3. The number of hydrogen-bond donors (Lipinski definition) is 0. The van der Waals surface area contributed by atoms with Crippen molar-refractivity contribution in [2.75, 3.05) is 5.01 Å². The van der Waals surface area contributed by atoms with Crippen LogP contribution in [0.5, 0.6) is 0 Å². The SMILES string of the molecule is O=C1/C(=C\c2ccccc2Cl)C(C(F)(F)F)=NN1c1ccccc1. The molecule has 0 fully saturated rings. The molecule has 24 heavy (non-hydrogen) atoms. The van der Waals surface area contributed by atoms with E-state index in [1.807, 2.05) is 0 Å². The van der Waals surface area contributed by atoms with Gasteiger partial charge in [-0.2, -0.15) is 23.3 Å². The lowest BCUT2D eigenvalue weighted by Crippen LogP contribution is -2.25. The van der Waals surface area contributed by atoms with E-state index in [-0.39, 0.29) is 10.7 Å². The molecule has 0 aliphatic carbocycles. The average Bonchev–Trinajstić information content (AvgIpc) is 2.88. The van der Waals surface area contributed by atoms with E-state index < -0.39 is 23.4 Å². The van der Waals surface area contributed by atoms with Crippen LogP contribution in [0.1, 0.15) is 5.56 Å². The first-order chi connectivity index (χ1) is 11.4. The molecule has 0 saturated heterocycles. The molecule has 1 aliphatic heterocycles. The Morgan fingerprint density at radius 3 is 2.25 bits per heavy atom. The first-order valence-corrected chi connectivity index (χ1v) is 7.27. The van der Waals surface area contributed by atoms with Crippen LogP contribution in [0.3, 0.4) is 0 Å². The Bertz CT molecular complexity index is 844. The summed E-state index contributed by atoms with van der Waals surface area (Å²) in [7, 11) is 0. The summed E-state index contributed by atoms with van der Waals surface area (Å²) in [5, 5.41) is 4.47. The number of para-hydroxylation sites is 1. The molecule has 0 N–H and O–H groups in total. The molecule has 0 spiro atoms. The molecule has 1 aliphatic rings. The average molecular weight is 351 g/mol. The maximum absolute atomic E-state index is 13.3. The van der Waals surface area contributed by atoms with Crippen LogP contribution in [0.2, 0.25) is 5.02 Å². The van der Waals surface area contributed by atoms with Crippen molar-refractivity contribution >= 4 is 35.0 Å². The van der Waals surface area contributed by atoms with E-state index in [4.69, 9.17) is 11.6 Å². The summed E-state index contributed by atoms with van der Waals surface area (Å²) < 4.78 is 39.9. The van der Waals surface area contributed by atoms with Crippen LogP contribution < -0.4 is 5.01 Å². The summed E-state index contributed by atoms with van der Waals surface area (Å²) in [5.41, 5.74) is -1.21. The van der Waals surface area contributed by atoms with Crippen molar-refractivity contribution < 1.29 is 18.0 Å². The molecular formula is C17H10ClF3N2O. The van der Waals surface area contributed by atoms with Crippen LogP contribution in [0.15, 0.2) is 65.3 Å². The molecule has 0 saturated carbocycles. The Hall–Kier alpha value is -2.60. The fourth-order valence-electron chi connectivity index (χ4n) is 2.25. The number of halogens is 4. The maximum atomic E-state index is 13.3. The minimum absolute atomic E-state index is 0.248. The van der Waals surface area contributed by atoms with Gasteiger partial charge in [-0.1, -0.05) is 48.0 Å². The number of amides is 1. The highest BCUT2D eigenvalue weighted by atomic mass is 35.5. The monoisotopic (exact) mass is 350 g/mol. The van der Waals surface area contributed by atoms with Gasteiger partial charge in [0, 0.05) is 5.02 Å². The quantitative estimate of drug-likeness (QED) is 0.723. The summed E-state index contributed by atoms with van der Waals surface area (Å²) in [6.07, 6.45) is -3.65. The molecule has 1 heterocycles. The standard InChI is InChI=1S/C17H10ClF3N2O/c18-14-9-5-4-6-11(14)10-13-15(17(19,20)21)22-23(16(13)24)12-7-2-1-3-8-12/h1-10H/b13-10-. The maximum Gasteiger partial charge on any atom is 0.435 e. The smallest absolute Gasteiger partial charge is 0.267 e. The molecule has 3 rings (SSSR count). The lowest BCUT2D eigenvalue weighted by Gasteiger charge is -2.10. The van der Waals surface area contributed by atoms with Crippen molar-refractivity contribution in [1.29, 1.82) is 0 Å². The number of benzene rings is 2. The molecule has 7 heteroatoms. The Balaban J connectivity index is 2.10. The third-order valence-electron chi connectivity index (χ3n) is 3.35. The molecule has 0 radical (unpaired) electrons. The molecule has 2 aromatic rings. The minimum Gasteiger partial charge on any atom is -0.267 e. The topological polar surface area (TPSA) is 32.7 Å². The Morgan fingerprint density at radius 1 is 1.00 bits per heavy atom. The van der Waals surface area contributed by atoms with Crippen LogP contribution in [-0.2, 0) is 4.79 Å². The van der Waals surface area contributed by atoms with Gasteiger partial charge in [0.2, 0.25) is 0 Å². The van der Waals surface area contributed by atoms with Crippen molar-refractivity contribution in [3.8, 4) is 0 Å². The fraction of sp³-hybridized carbons (Fsp3) is 0.0588. The number of anilines is 1. The second kappa shape index (κ2) is 6.13. The van der Waals surface area contributed by atoms with Crippen molar-refractivity contribution in [3.63, 3.8) is 0 Å². The van der Waals surface area contributed by atoms with Crippen molar-refractivity contribution in [2.45, 2.75) is 6.18 Å². The van der Waals surface area contributed by atoms with Crippen LogP contribution in [0.4, 0.5) is 18.9 Å². The van der Waals surface area contributed by atoms with Gasteiger partial charge in [-0.15, -0.1) is 0 Å². The molecule has 122 valence electrons. The molecule has 1 amide bonds. The zero-order chi connectivity index (χ0) is 17.3. The van der Waals surface area contributed by atoms with Crippen LogP contribution in [0, 0.1) is 0 Å². The van der Waals surface area contributed by atoms with Crippen molar-refractivity contribution in [1.82, 2.24) is 0 Å². The minimum atomic E-state index is -4.76. The summed E-state index contributed by atoms with van der Waals surface area (Å²) >= 11 is 5.98. The lowest BCUT2D eigenvalue weighted by molar-refractivity contribution is -0.114. The van der Waals surface area contributed by atoms with Crippen LogP contribution in [0.25, 0.3) is 6.08 Å². The van der Waals surface area contributed by atoms with E-state index in [9.17, 15) is 18.0 Å². The number of alkyl halides is 3. The summed E-state index contributed by atoms with van der Waals surface area (Å²) in [4.78, 5) is 12.5.